The highest BCUT2D eigenvalue weighted by Gasteiger charge is 2.25. The average molecular weight is 408 g/mol. The van der Waals surface area contributed by atoms with E-state index < -0.39 is 5.91 Å². The van der Waals surface area contributed by atoms with Crippen molar-refractivity contribution in [3.8, 4) is 11.4 Å². The van der Waals surface area contributed by atoms with Crippen LogP contribution in [0.1, 0.15) is 31.4 Å². The minimum atomic E-state index is -0.593. The number of benzene rings is 2. The predicted molar refractivity (Wildman–Crippen MR) is 114 cm³/mol. The van der Waals surface area contributed by atoms with Crippen LogP contribution in [-0.4, -0.2) is 45.2 Å². The Morgan fingerprint density at radius 3 is 3.00 bits per heavy atom. The number of rotatable bonds is 5. The first-order chi connectivity index (χ1) is 14.6. The smallest absolute Gasteiger partial charge is 0.267 e. The first-order valence-corrected chi connectivity index (χ1v) is 10.2. The summed E-state index contributed by atoms with van der Waals surface area (Å²) in [5.41, 5.74) is 4.85. The normalized spacial score (nSPS) is 17.6. The number of piperidine rings is 1. The Labute approximate surface area is 174 Å². The Morgan fingerprint density at radius 1 is 1.33 bits per heavy atom. The molecule has 1 atom stereocenters. The van der Waals surface area contributed by atoms with Crippen LogP contribution in [0.3, 0.4) is 0 Å². The zero-order chi connectivity index (χ0) is 21.1. The monoisotopic (exact) mass is 408 g/mol. The molecule has 1 amide bonds. The van der Waals surface area contributed by atoms with Gasteiger partial charge in [0.2, 0.25) is 0 Å². The molecule has 1 aromatic heterocycles. The molecule has 1 aliphatic rings. The number of amides is 1. The van der Waals surface area contributed by atoms with Gasteiger partial charge in [-0.15, -0.1) is 0 Å². The molecule has 0 bridgehead atoms. The Morgan fingerprint density at radius 2 is 2.20 bits per heavy atom. The largest absolute Gasteiger partial charge is 0.320 e. The van der Waals surface area contributed by atoms with E-state index in [1.807, 2.05) is 24.3 Å². The number of halogens is 1. The molecule has 3 aromatic rings. The van der Waals surface area contributed by atoms with Gasteiger partial charge in [-0.3, -0.25) is 10.0 Å². The highest BCUT2D eigenvalue weighted by atomic mass is 19.1. The lowest BCUT2D eigenvalue weighted by Gasteiger charge is -2.33. The molecule has 1 saturated heterocycles. The Hall–Kier alpha value is -3.03. The van der Waals surface area contributed by atoms with Crippen molar-refractivity contribution in [2.24, 2.45) is 0 Å². The molecule has 2 heterocycles. The fraction of sp³-hybridized carbons (Fsp3) is 0.304. The SMILES string of the molecule is CCN1CCC[C@@H](n2c(-c3cccc(/C=C/C(=O)NO)c3)nc3cc(F)ccc32)C1. The fourth-order valence-corrected chi connectivity index (χ4v) is 4.16. The topological polar surface area (TPSA) is 70.4 Å². The van der Waals surface area contributed by atoms with E-state index in [-0.39, 0.29) is 11.9 Å². The van der Waals surface area contributed by atoms with Crippen LogP contribution in [-0.2, 0) is 4.79 Å². The number of nitrogens with zero attached hydrogens (tertiary/aromatic N) is 3. The Kier molecular flexibility index (Phi) is 5.92. The highest BCUT2D eigenvalue weighted by molar-refractivity contribution is 5.91. The number of fused-ring (bicyclic) bond motifs is 1. The summed E-state index contributed by atoms with van der Waals surface area (Å²) < 4.78 is 16.1. The van der Waals surface area contributed by atoms with Gasteiger partial charge in [-0.25, -0.2) is 14.9 Å². The van der Waals surface area contributed by atoms with Crippen molar-refractivity contribution in [1.29, 1.82) is 0 Å². The second kappa shape index (κ2) is 8.77. The second-order valence-corrected chi connectivity index (χ2v) is 7.56. The highest BCUT2D eigenvalue weighted by Crippen LogP contribution is 2.33. The van der Waals surface area contributed by atoms with Gasteiger partial charge in [-0.05, 0) is 55.8 Å². The average Bonchev–Trinajstić information content (AvgIpc) is 3.16. The van der Waals surface area contributed by atoms with Crippen LogP contribution in [0.4, 0.5) is 4.39 Å². The van der Waals surface area contributed by atoms with Crippen molar-refractivity contribution < 1.29 is 14.4 Å². The summed E-state index contributed by atoms with van der Waals surface area (Å²) >= 11 is 0. The molecule has 1 aliphatic heterocycles. The summed E-state index contributed by atoms with van der Waals surface area (Å²) in [5, 5.41) is 8.67. The Bertz CT molecular complexity index is 1090. The second-order valence-electron chi connectivity index (χ2n) is 7.56. The molecule has 0 unspecified atom stereocenters. The third kappa shape index (κ3) is 4.13. The van der Waals surface area contributed by atoms with Gasteiger partial charge in [0.15, 0.2) is 0 Å². The molecule has 0 saturated carbocycles. The molecule has 30 heavy (non-hydrogen) atoms. The van der Waals surface area contributed by atoms with Crippen LogP contribution < -0.4 is 5.48 Å². The van der Waals surface area contributed by atoms with Crippen LogP contribution in [0.5, 0.6) is 0 Å². The van der Waals surface area contributed by atoms with E-state index >= 15 is 0 Å². The number of nitrogens with one attached hydrogen (secondary N) is 1. The van der Waals surface area contributed by atoms with Crippen molar-refractivity contribution >= 4 is 23.0 Å². The molecule has 0 spiro atoms. The third-order valence-electron chi connectivity index (χ3n) is 5.63. The maximum absolute atomic E-state index is 13.9. The Balaban J connectivity index is 1.81. The van der Waals surface area contributed by atoms with Crippen molar-refractivity contribution in [2.75, 3.05) is 19.6 Å². The van der Waals surface area contributed by atoms with Crippen molar-refractivity contribution in [3.05, 3.63) is 59.9 Å². The van der Waals surface area contributed by atoms with Crippen LogP contribution in [0, 0.1) is 5.82 Å². The maximum Gasteiger partial charge on any atom is 0.267 e. The number of aromatic nitrogens is 2. The number of hydroxylamine groups is 1. The molecule has 1 fully saturated rings. The number of carbonyl (C=O) groups excluding carboxylic acids is 1. The standard InChI is InChI=1S/C23H25FN4O2/c1-2-27-12-4-7-19(15-27)28-21-10-9-18(24)14-20(21)25-23(28)17-6-3-5-16(13-17)8-11-22(29)26-30/h3,5-6,8-11,13-14,19,30H,2,4,7,12,15H2,1H3,(H,26,29)/b11-8+/t19-/m1/s1. The van der Waals surface area contributed by atoms with Crippen LogP contribution in [0.25, 0.3) is 28.5 Å². The first kappa shape index (κ1) is 20.3. The maximum atomic E-state index is 13.9. The molecule has 4 rings (SSSR count). The lowest BCUT2D eigenvalue weighted by molar-refractivity contribution is -0.124. The molecule has 6 nitrogen and oxygen atoms in total. The fourth-order valence-electron chi connectivity index (χ4n) is 4.16. The quantitative estimate of drug-likeness (QED) is 0.380. The summed E-state index contributed by atoms with van der Waals surface area (Å²) in [6, 6.07) is 12.7. The summed E-state index contributed by atoms with van der Waals surface area (Å²) in [7, 11) is 0. The minimum Gasteiger partial charge on any atom is -0.320 e. The van der Waals surface area contributed by atoms with Crippen molar-refractivity contribution in [3.63, 3.8) is 0 Å². The third-order valence-corrected chi connectivity index (χ3v) is 5.63. The summed E-state index contributed by atoms with van der Waals surface area (Å²) in [6.07, 6.45) is 5.04. The van der Waals surface area contributed by atoms with Gasteiger partial charge in [-0.2, -0.15) is 0 Å². The van der Waals surface area contributed by atoms with Crippen LogP contribution in [0.2, 0.25) is 0 Å². The van der Waals surface area contributed by atoms with Gasteiger partial charge in [0.1, 0.15) is 11.6 Å². The number of carbonyl (C=O) groups is 1. The number of likely N-dealkylation sites (tertiary alicyclic amines) is 1. The van der Waals surface area contributed by atoms with Crippen LogP contribution in [0.15, 0.2) is 48.5 Å². The molecular weight excluding hydrogens is 383 g/mol. The van der Waals surface area contributed by atoms with Gasteiger partial charge >= 0.3 is 0 Å². The van der Waals surface area contributed by atoms with E-state index in [9.17, 15) is 9.18 Å². The molecule has 2 aromatic carbocycles. The van der Waals surface area contributed by atoms with E-state index in [4.69, 9.17) is 10.2 Å². The lowest BCUT2D eigenvalue weighted by Crippen LogP contribution is -2.36. The number of hydrogen-bond donors (Lipinski definition) is 2. The molecule has 0 aliphatic carbocycles. The molecule has 156 valence electrons. The molecule has 7 heteroatoms. The predicted octanol–water partition coefficient (Wildman–Crippen LogP) is 4.02. The number of likely N-dealkylation sites (N-methyl/N-ethyl adjacent to an activating group) is 1. The first-order valence-electron chi connectivity index (χ1n) is 10.2. The van der Waals surface area contributed by atoms with E-state index in [1.54, 1.807) is 17.6 Å². The zero-order valence-electron chi connectivity index (χ0n) is 16.9. The van der Waals surface area contributed by atoms with Gasteiger partial charge in [0.25, 0.3) is 5.91 Å². The summed E-state index contributed by atoms with van der Waals surface area (Å²) in [5.74, 6) is -0.102. The van der Waals surface area contributed by atoms with Gasteiger partial charge in [0, 0.05) is 30.3 Å². The number of hydrogen-bond acceptors (Lipinski definition) is 4. The molecular formula is C23H25FN4O2. The zero-order valence-corrected chi connectivity index (χ0v) is 16.9. The summed E-state index contributed by atoms with van der Waals surface area (Å²) in [4.78, 5) is 18.5. The van der Waals surface area contributed by atoms with Crippen molar-refractivity contribution in [2.45, 2.75) is 25.8 Å². The van der Waals surface area contributed by atoms with Crippen molar-refractivity contribution in [1.82, 2.24) is 19.9 Å². The minimum absolute atomic E-state index is 0.253. The molecule has 2 N–H and O–H groups in total. The number of imidazole rings is 1. The van der Waals surface area contributed by atoms with Gasteiger partial charge in [0.05, 0.1) is 11.0 Å². The van der Waals surface area contributed by atoms with E-state index in [0.717, 1.165) is 54.9 Å². The van der Waals surface area contributed by atoms with E-state index in [0.29, 0.717) is 5.52 Å². The van der Waals surface area contributed by atoms with E-state index in [2.05, 4.69) is 16.4 Å². The summed E-state index contributed by atoms with van der Waals surface area (Å²) in [6.45, 7) is 5.20. The molecule has 0 radical (unpaired) electrons. The van der Waals surface area contributed by atoms with E-state index in [1.165, 1.54) is 18.2 Å². The lowest BCUT2D eigenvalue weighted by atomic mass is 10.0. The van der Waals surface area contributed by atoms with Gasteiger partial charge < -0.3 is 9.47 Å². The van der Waals surface area contributed by atoms with Crippen LogP contribution >= 0.6 is 0 Å². The van der Waals surface area contributed by atoms with Gasteiger partial charge in [-0.1, -0.05) is 25.1 Å².